The fraction of sp³-hybridized carbons (Fsp3) is 0.375. The van der Waals surface area contributed by atoms with Gasteiger partial charge < -0.3 is 5.32 Å². The highest BCUT2D eigenvalue weighted by Crippen LogP contribution is 2.36. The Morgan fingerprint density at radius 2 is 2.10 bits per heavy atom. The van der Waals surface area contributed by atoms with E-state index in [4.69, 9.17) is 0 Å². The van der Waals surface area contributed by atoms with E-state index in [1.807, 2.05) is 11.3 Å². The predicted octanol–water partition coefficient (Wildman–Crippen LogP) is 5.00. The van der Waals surface area contributed by atoms with Crippen LogP contribution in [0, 0.1) is 0 Å². The number of thiophene rings is 1. The summed E-state index contributed by atoms with van der Waals surface area (Å²) in [7, 11) is 0. The van der Waals surface area contributed by atoms with E-state index in [0.29, 0.717) is 6.04 Å². The maximum Gasteiger partial charge on any atom is 0.0671 e. The van der Waals surface area contributed by atoms with Crippen molar-refractivity contribution in [1.29, 1.82) is 0 Å². The number of hydrogen-bond donors (Lipinski definition) is 1. The zero-order valence-electron chi connectivity index (χ0n) is 11.5. The summed E-state index contributed by atoms with van der Waals surface area (Å²) in [6.45, 7) is 3.16. The molecular weight excluding hydrogens is 350 g/mol. The minimum absolute atomic E-state index is 0.327. The third-order valence-electron chi connectivity index (χ3n) is 3.54. The highest BCUT2D eigenvalue weighted by Gasteiger charge is 2.20. The van der Waals surface area contributed by atoms with Crippen LogP contribution in [-0.2, 0) is 12.2 Å². The molecule has 106 valence electrons. The Morgan fingerprint density at radius 1 is 1.30 bits per heavy atom. The minimum atomic E-state index is 0.327. The molecule has 0 aliphatic carbocycles. The minimum Gasteiger partial charge on any atom is -0.306 e. The van der Waals surface area contributed by atoms with Gasteiger partial charge in [-0.25, -0.2) is 0 Å². The molecule has 3 rings (SSSR count). The van der Waals surface area contributed by atoms with E-state index in [1.54, 1.807) is 10.4 Å². The van der Waals surface area contributed by atoms with Gasteiger partial charge in [-0.3, -0.25) is 0 Å². The molecule has 0 amide bonds. The molecule has 2 heterocycles. The first-order chi connectivity index (χ1) is 9.78. The van der Waals surface area contributed by atoms with Crippen LogP contribution in [0.1, 0.15) is 33.8 Å². The third-order valence-corrected chi connectivity index (χ3v) is 6.38. The van der Waals surface area contributed by atoms with E-state index in [-0.39, 0.29) is 0 Å². The lowest BCUT2D eigenvalue weighted by molar-refractivity contribution is 0.639. The van der Waals surface area contributed by atoms with Crippen LogP contribution in [0.5, 0.6) is 0 Å². The van der Waals surface area contributed by atoms with Gasteiger partial charge in [0.05, 0.1) is 6.04 Å². The van der Waals surface area contributed by atoms with Gasteiger partial charge in [0.15, 0.2) is 0 Å². The summed E-state index contributed by atoms with van der Waals surface area (Å²) in [6.07, 6.45) is 1.24. The summed E-state index contributed by atoms with van der Waals surface area (Å²) in [5, 5.41) is 3.63. The highest BCUT2D eigenvalue weighted by molar-refractivity contribution is 9.10. The molecule has 1 aliphatic rings. The van der Waals surface area contributed by atoms with Gasteiger partial charge in [-0.2, -0.15) is 11.8 Å². The van der Waals surface area contributed by atoms with Gasteiger partial charge in [-0.05, 0) is 48.0 Å². The van der Waals surface area contributed by atoms with Crippen molar-refractivity contribution >= 4 is 39.0 Å². The van der Waals surface area contributed by atoms with Crippen LogP contribution < -0.4 is 5.32 Å². The summed E-state index contributed by atoms with van der Waals surface area (Å²) in [5.41, 5.74) is 2.91. The zero-order valence-corrected chi connectivity index (χ0v) is 14.7. The molecule has 1 aromatic carbocycles. The smallest absolute Gasteiger partial charge is 0.0671 e. The van der Waals surface area contributed by atoms with Crippen molar-refractivity contribution in [1.82, 2.24) is 5.32 Å². The van der Waals surface area contributed by atoms with E-state index in [1.165, 1.54) is 28.4 Å². The Balaban J connectivity index is 1.93. The van der Waals surface area contributed by atoms with E-state index in [2.05, 4.69) is 70.3 Å². The Morgan fingerprint density at radius 3 is 2.80 bits per heavy atom. The van der Waals surface area contributed by atoms with Crippen LogP contribution in [0.25, 0.3) is 0 Å². The molecule has 20 heavy (non-hydrogen) atoms. The fourth-order valence-corrected chi connectivity index (χ4v) is 5.30. The quantitative estimate of drug-likeness (QED) is 0.815. The lowest BCUT2D eigenvalue weighted by Gasteiger charge is -2.17. The topological polar surface area (TPSA) is 12.0 Å². The average Bonchev–Trinajstić information content (AvgIpc) is 2.89. The lowest BCUT2D eigenvalue weighted by Crippen LogP contribution is -2.21. The number of aryl methyl sites for hydroxylation is 1. The van der Waals surface area contributed by atoms with E-state index in [0.717, 1.165) is 11.0 Å². The van der Waals surface area contributed by atoms with Crippen LogP contribution in [0.4, 0.5) is 0 Å². The first-order valence-electron chi connectivity index (χ1n) is 6.96. The van der Waals surface area contributed by atoms with Crippen molar-refractivity contribution < 1.29 is 0 Å². The van der Waals surface area contributed by atoms with E-state index in [9.17, 15) is 0 Å². The van der Waals surface area contributed by atoms with Gasteiger partial charge in [0.2, 0.25) is 0 Å². The van der Waals surface area contributed by atoms with Crippen LogP contribution in [-0.4, -0.2) is 12.3 Å². The second-order valence-electron chi connectivity index (χ2n) is 4.94. The third kappa shape index (κ3) is 3.14. The number of fused-ring (bicyclic) bond motifs is 1. The number of rotatable bonds is 4. The first-order valence-corrected chi connectivity index (χ1v) is 9.72. The summed E-state index contributed by atoms with van der Waals surface area (Å²) in [5.74, 6) is 2.46. The predicted molar refractivity (Wildman–Crippen MR) is 93.8 cm³/mol. The van der Waals surface area contributed by atoms with Crippen molar-refractivity contribution in [3.05, 3.63) is 55.7 Å². The Bertz CT molecular complexity index is 553. The van der Waals surface area contributed by atoms with Gasteiger partial charge in [-0.15, -0.1) is 11.3 Å². The summed E-state index contributed by atoms with van der Waals surface area (Å²) in [6, 6.07) is 11.4. The molecule has 1 unspecified atom stereocenters. The van der Waals surface area contributed by atoms with Crippen LogP contribution in [0.15, 0.2) is 34.8 Å². The molecule has 1 atom stereocenters. The maximum atomic E-state index is 3.63. The molecule has 0 fully saturated rings. The number of halogens is 1. The molecule has 1 nitrogen and oxygen atoms in total. The summed E-state index contributed by atoms with van der Waals surface area (Å²) < 4.78 is 1.14. The molecule has 0 bridgehead atoms. The first kappa shape index (κ1) is 14.6. The van der Waals surface area contributed by atoms with Crippen LogP contribution in [0.3, 0.4) is 0 Å². The molecule has 4 heteroatoms. The van der Waals surface area contributed by atoms with Crippen molar-refractivity contribution in [3.8, 4) is 0 Å². The van der Waals surface area contributed by atoms with Crippen molar-refractivity contribution in [2.75, 3.05) is 12.3 Å². The zero-order chi connectivity index (χ0) is 13.9. The van der Waals surface area contributed by atoms with Crippen LogP contribution >= 0.6 is 39.0 Å². The molecule has 0 saturated heterocycles. The largest absolute Gasteiger partial charge is 0.306 e. The standard InChI is InChI=1S/C16H18BrNS2/c1-2-18-16(11-3-5-13(17)6-4-11)15-9-12-10-19-8-7-14(12)20-15/h3-6,9,16,18H,2,7-8,10H2,1H3. The lowest BCUT2D eigenvalue weighted by atomic mass is 10.0. The molecule has 1 aliphatic heterocycles. The second kappa shape index (κ2) is 6.65. The van der Waals surface area contributed by atoms with E-state index < -0.39 is 0 Å². The summed E-state index contributed by atoms with van der Waals surface area (Å²) >= 11 is 7.56. The number of benzene rings is 1. The van der Waals surface area contributed by atoms with Crippen LogP contribution in [0.2, 0.25) is 0 Å². The Hall–Kier alpha value is -0.290. The Kier molecular flexibility index (Phi) is 4.87. The number of nitrogens with one attached hydrogen (secondary N) is 1. The second-order valence-corrected chi connectivity index (χ2v) is 8.13. The molecule has 0 spiro atoms. The Labute approximate surface area is 137 Å². The highest BCUT2D eigenvalue weighted by atomic mass is 79.9. The summed E-state index contributed by atoms with van der Waals surface area (Å²) in [4.78, 5) is 3.06. The normalized spacial score (nSPS) is 15.9. The van der Waals surface area contributed by atoms with Crippen molar-refractivity contribution in [3.63, 3.8) is 0 Å². The molecule has 0 saturated carbocycles. The van der Waals surface area contributed by atoms with Gasteiger partial charge in [0, 0.05) is 20.0 Å². The van der Waals surface area contributed by atoms with Crippen molar-refractivity contribution in [2.24, 2.45) is 0 Å². The van der Waals surface area contributed by atoms with E-state index >= 15 is 0 Å². The van der Waals surface area contributed by atoms with Gasteiger partial charge in [0.25, 0.3) is 0 Å². The number of thioether (sulfide) groups is 1. The molecule has 0 radical (unpaired) electrons. The molecule has 2 aromatic rings. The molecule has 1 aromatic heterocycles. The van der Waals surface area contributed by atoms with Crippen molar-refractivity contribution in [2.45, 2.75) is 25.1 Å². The number of hydrogen-bond acceptors (Lipinski definition) is 3. The monoisotopic (exact) mass is 367 g/mol. The average molecular weight is 368 g/mol. The molecule has 1 N–H and O–H groups in total. The molecular formula is C16H18BrNS2. The van der Waals surface area contributed by atoms with Gasteiger partial charge >= 0.3 is 0 Å². The van der Waals surface area contributed by atoms with Gasteiger partial charge in [-0.1, -0.05) is 35.0 Å². The van der Waals surface area contributed by atoms with Gasteiger partial charge in [0.1, 0.15) is 0 Å². The SMILES string of the molecule is CCNC(c1ccc(Br)cc1)c1cc2c(s1)CCSC2. The fourth-order valence-electron chi connectivity index (χ4n) is 2.55. The maximum absolute atomic E-state index is 3.63.